The van der Waals surface area contributed by atoms with E-state index in [1.165, 1.54) is 6.42 Å². The number of hydrazone groups is 1. The van der Waals surface area contributed by atoms with Crippen molar-refractivity contribution in [2.75, 3.05) is 0 Å². The Bertz CT molecular complexity index is 888. The topological polar surface area (TPSA) is 111 Å². The Labute approximate surface area is 196 Å². The quantitative estimate of drug-likeness (QED) is 0.396. The van der Waals surface area contributed by atoms with E-state index in [-0.39, 0.29) is 28.7 Å². The predicted octanol–water partition coefficient (Wildman–Crippen LogP) is 4.04. The molecule has 8 atom stereocenters. The van der Waals surface area contributed by atoms with E-state index in [9.17, 15) is 15.0 Å². The highest BCUT2D eigenvalue weighted by Gasteiger charge is 2.66. The molecule has 0 bridgehead atoms. The molecule has 1 amide bonds. The van der Waals surface area contributed by atoms with Crippen LogP contribution in [-0.2, 0) is 0 Å². The number of carbonyl (C=O) groups is 1. The molecule has 4 aliphatic carbocycles. The van der Waals surface area contributed by atoms with E-state index >= 15 is 0 Å². The van der Waals surface area contributed by atoms with Gasteiger partial charge in [0.15, 0.2) is 5.82 Å². The van der Waals surface area contributed by atoms with Crippen LogP contribution in [0.1, 0.15) is 95.1 Å². The molecule has 182 valence electrons. The Hall–Kier alpha value is -1.73. The van der Waals surface area contributed by atoms with Crippen LogP contribution in [0.15, 0.2) is 17.5 Å². The van der Waals surface area contributed by atoms with Gasteiger partial charge in [0.25, 0.3) is 0 Å². The number of fused-ring (bicyclic) bond motifs is 5. The lowest BCUT2D eigenvalue weighted by molar-refractivity contribution is -0.210. The predicted molar refractivity (Wildman–Crippen MR) is 126 cm³/mol. The normalized spacial score (nSPS) is 44.8. The van der Waals surface area contributed by atoms with Crippen molar-refractivity contribution < 1.29 is 15.0 Å². The molecule has 0 radical (unpaired) electrons. The Balaban J connectivity index is 1.22. The Morgan fingerprint density at radius 2 is 2.06 bits per heavy atom. The fourth-order valence-corrected chi connectivity index (χ4v) is 8.66. The van der Waals surface area contributed by atoms with Gasteiger partial charge in [0, 0.05) is 18.6 Å². The van der Waals surface area contributed by atoms with E-state index in [1.54, 1.807) is 18.6 Å². The molecule has 4 fully saturated rings. The first kappa shape index (κ1) is 23.0. The lowest BCUT2D eigenvalue weighted by Crippen LogP contribution is -2.62. The van der Waals surface area contributed by atoms with Crippen molar-refractivity contribution in [3.63, 3.8) is 0 Å². The van der Waals surface area contributed by atoms with E-state index < -0.39 is 5.60 Å². The summed E-state index contributed by atoms with van der Waals surface area (Å²) in [7, 11) is 0. The lowest BCUT2D eigenvalue weighted by atomic mass is 9.43. The van der Waals surface area contributed by atoms with Crippen LogP contribution in [0.5, 0.6) is 0 Å². The zero-order chi connectivity index (χ0) is 23.3. The van der Waals surface area contributed by atoms with Gasteiger partial charge in [-0.25, -0.2) is 10.4 Å². The highest BCUT2D eigenvalue weighted by atomic mass is 16.3. The molecule has 0 spiro atoms. The number of aromatic nitrogens is 2. The van der Waals surface area contributed by atoms with Gasteiger partial charge in [-0.1, -0.05) is 13.8 Å². The number of carbonyl (C=O) groups excluding carboxylic acids is 1. The lowest BCUT2D eigenvalue weighted by Gasteiger charge is -2.63. The van der Waals surface area contributed by atoms with Gasteiger partial charge in [0.05, 0.1) is 11.7 Å². The van der Waals surface area contributed by atoms with Crippen LogP contribution >= 0.6 is 0 Å². The Morgan fingerprint density at radius 1 is 1.21 bits per heavy atom. The maximum atomic E-state index is 12.2. The summed E-state index contributed by atoms with van der Waals surface area (Å²) in [6, 6.07) is 0. The van der Waals surface area contributed by atoms with Crippen molar-refractivity contribution in [2.45, 2.75) is 96.2 Å². The van der Waals surface area contributed by atoms with Crippen LogP contribution in [0.25, 0.3) is 0 Å². The molecule has 1 heterocycles. The number of amides is 1. The van der Waals surface area contributed by atoms with Gasteiger partial charge in [-0.2, -0.15) is 5.10 Å². The maximum Gasteiger partial charge on any atom is 0.307 e. The van der Waals surface area contributed by atoms with Gasteiger partial charge in [-0.15, -0.1) is 0 Å². The second-order valence-electron chi connectivity index (χ2n) is 11.8. The van der Waals surface area contributed by atoms with Gasteiger partial charge >= 0.3 is 5.91 Å². The molecule has 0 aliphatic heterocycles. The average Bonchev–Trinajstić information content (AvgIpc) is 3.41. The molecule has 1 aromatic heterocycles. The van der Waals surface area contributed by atoms with E-state index in [0.717, 1.165) is 64.2 Å². The number of imidazole rings is 1. The van der Waals surface area contributed by atoms with Crippen LogP contribution in [0.3, 0.4) is 0 Å². The minimum atomic E-state index is -0.574. The number of nitrogens with one attached hydrogen (secondary N) is 2. The molecule has 0 saturated heterocycles. The van der Waals surface area contributed by atoms with Crippen molar-refractivity contribution >= 4 is 12.1 Å². The first-order valence-electron chi connectivity index (χ1n) is 13.0. The molecule has 4 N–H and O–H groups in total. The smallest absolute Gasteiger partial charge is 0.307 e. The van der Waals surface area contributed by atoms with E-state index in [0.29, 0.717) is 23.7 Å². The van der Waals surface area contributed by atoms with Crippen molar-refractivity contribution in [2.24, 2.45) is 39.6 Å². The summed E-state index contributed by atoms with van der Waals surface area (Å²) in [4.78, 5) is 18.6. The third-order valence-corrected chi connectivity index (χ3v) is 10.6. The minimum Gasteiger partial charge on any atom is -0.393 e. The number of aromatic amines is 1. The third kappa shape index (κ3) is 3.66. The zero-order valence-corrected chi connectivity index (χ0v) is 20.1. The molecule has 1 aromatic rings. The standard InChI is InChI=1S/C26H40N4O3/c1-24-10-8-19(31)16-18(24)5-6-21-20(24)9-11-25(2)17(7-12-26(21,25)33)4-3-13-29-30-23(32)22-27-14-15-28-22/h13-15,17-21,31,33H,3-12,16H2,1-2H3,(H,27,28)(H,30,32)/b29-13+/t17-,18+,19-,20-,21+,24-,25+,26-/m0/s1. The third-order valence-electron chi connectivity index (χ3n) is 10.6. The molecule has 5 rings (SSSR count). The molecule has 4 saturated carbocycles. The number of hydrogen-bond donors (Lipinski definition) is 4. The Morgan fingerprint density at radius 3 is 2.85 bits per heavy atom. The largest absolute Gasteiger partial charge is 0.393 e. The van der Waals surface area contributed by atoms with Crippen molar-refractivity contribution in [1.82, 2.24) is 15.4 Å². The summed E-state index contributed by atoms with van der Waals surface area (Å²) in [6.45, 7) is 4.81. The van der Waals surface area contributed by atoms with Gasteiger partial charge in [-0.3, -0.25) is 4.79 Å². The number of H-pyrrole nitrogens is 1. The van der Waals surface area contributed by atoms with E-state index in [1.807, 2.05) is 0 Å². The molecule has 0 aromatic carbocycles. The molecule has 33 heavy (non-hydrogen) atoms. The summed E-state index contributed by atoms with van der Waals surface area (Å²) < 4.78 is 0. The monoisotopic (exact) mass is 456 g/mol. The summed E-state index contributed by atoms with van der Waals surface area (Å²) in [5.74, 6) is 1.98. The summed E-state index contributed by atoms with van der Waals surface area (Å²) in [6.07, 6.45) is 16.1. The van der Waals surface area contributed by atoms with E-state index in [4.69, 9.17) is 0 Å². The van der Waals surface area contributed by atoms with Gasteiger partial charge in [0.2, 0.25) is 0 Å². The second-order valence-corrected chi connectivity index (χ2v) is 11.8. The maximum absolute atomic E-state index is 12.2. The highest BCUT2D eigenvalue weighted by Crippen LogP contribution is 2.69. The molecular formula is C26H40N4O3. The SMILES string of the molecule is C[C@]12CC[C@H](O)C[C@H]1CC[C@@H]1[C@@H]2CC[C@]2(C)[C@@H](CC/C=N/NC(=O)c3ncc[nH]3)CC[C@]12O. The molecule has 7 heteroatoms. The fraction of sp³-hybridized carbons (Fsp3) is 0.808. The summed E-state index contributed by atoms with van der Waals surface area (Å²) in [5, 5.41) is 26.6. The Kier molecular flexibility index (Phi) is 5.93. The van der Waals surface area contributed by atoms with Gasteiger partial charge in [-0.05, 0) is 105 Å². The van der Waals surface area contributed by atoms with E-state index in [2.05, 4.69) is 34.3 Å². The van der Waals surface area contributed by atoms with Crippen molar-refractivity contribution in [3.05, 3.63) is 18.2 Å². The first-order valence-corrected chi connectivity index (χ1v) is 13.0. The minimum absolute atomic E-state index is 0.0448. The molecule has 7 nitrogen and oxygen atoms in total. The number of hydrogen-bond acceptors (Lipinski definition) is 5. The molecule has 0 unspecified atom stereocenters. The first-order chi connectivity index (χ1) is 15.8. The number of aliphatic hydroxyl groups excluding tert-OH is 1. The van der Waals surface area contributed by atoms with Gasteiger partial charge < -0.3 is 15.2 Å². The van der Waals surface area contributed by atoms with Crippen LogP contribution in [-0.4, -0.2) is 44.0 Å². The summed E-state index contributed by atoms with van der Waals surface area (Å²) >= 11 is 0. The zero-order valence-electron chi connectivity index (χ0n) is 20.1. The number of nitrogens with zero attached hydrogens (tertiary/aromatic N) is 2. The summed E-state index contributed by atoms with van der Waals surface area (Å²) in [5.41, 5.74) is 2.18. The van der Waals surface area contributed by atoms with Crippen molar-refractivity contribution in [3.8, 4) is 0 Å². The van der Waals surface area contributed by atoms with Crippen LogP contribution < -0.4 is 5.43 Å². The fourth-order valence-electron chi connectivity index (χ4n) is 8.66. The molecular weight excluding hydrogens is 416 g/mol. The highest BCUT2D eigenvalue weighted by molar-refractivity contribution is 5.90. The van der Waals surface area contributed by atoms with Gasteiger partial charge in [0.1, 0.15) is 0 Å². The van der Waals surface area contributed by atoms with Crippen LogP contribution in [0.2, 0.25) is 0 Å². The average molecular weight is 457 g/mol. The molecule has 4 aliphatic rings. The van der Waals surface area contributed by atoms with Crippen molar-refractivity contribution in [1.29, 1.82) is 0 Å². The van der Waals surface area contributed by atoms with Crippen LogP contribution in [0, 0.1) is 34.5 Å². The number of rotatable bonds is 5. The number of aliphatic hydroxyl groups is 2. The van der Waals surface area contributed by atoms with Crippen LogP contribution in [0.4, 0.5) is 0 Å². The second kappa shape index (κ2) is 8.49.